The van der Waals surface area contributed by atoms with Gasteiger partial charge in [0.2, 0.25) is 0 Å². The van der Waals surface area contributed by atoms with Crippen molar-refractivity contribution in [3.05, 3.63) is 23.8 Å². The molecule has 0 aromatic heterocycles. The van der Waals surface area contributed by atoms with Crippen LogP contribution in [-0.2, 0) is 35.0 Å². The van der Waals surface area contributed by atoms with Gasteiger partial charge in [0, 0.05) is 13.8 Å². The molecule has 0 aliphatic carbocycles. The Morgan fingerprint density at radius 2 is 1.48 bits per heavy atom. The molecule has 10 nitrogen and oxygen atoms in total. The van der Waals surface area contributed by atoms with Crippen molar-refractivity contribution >= 4 is 24.1 Å². The molecule has 0 unspecified atom stereocenters. The fraction of sp³-hybridized carbons (Fsp3) is 0.474. The minimum absolute atomic E-state index is 0.0271. The maximum absolute atomic E-state index is 12.2. The van der Waals surface area contributed by atoms with Crippen molar-refractivity contribution in [3.63, 3.8) is 0 Å². The first-order chi connectivity index (χ1) is 13.5. The molecule has 0 aliphatic heterocycles. The van der Waals surface area contributed by atoms with Gasteiger partial charge in [-0.05, 0) is 38.0 Å². The van der Waals surface area contributed by atoms with Gasteiger partial charge in [0.1, 0.15) is 18.2 Å². The van der Waals surface area contributed by atoms with E-state index in [9.17, 15) is 19.2 Å². The molecule has 0 saturated carbocycles. The molecule has 0 heterocycles. The summed E-state index contributed by atoms with van der Waals surface area (Å²) < 4.78 is 24.5. The van der Waals surface area contributed by atoms with Crippen LogP contribution in [-0.4, -0.2) is 49.4 Å². The maximum Gasteiger partial charge on any atom is 0.508 e. The molecule has 29 heavy (non-hydrogen) atoms. The molecule has 2 N–H and O–H groups in total. The van der Waals surface area contributed by atoms with Crippen LogP contribution in [0.5, 0.6) is 11.5 Å². The number of carbonyl (C=O) groups is 4. The van der Waals surface area contributed by atoms with E-state index in [-0.39, 0.29) is 17.9 Å². The Bertz CT molecular complexity index is 762. The molecule has 0 fully saturated rings. The van der Waals surface area contributed by atoms with Gasteiger partial charge in [0.15, 0.2) is 11.5 Å². The van der Waals surface area contributed by atoms with Gasteiger partial charge in [0.05, 0.1) is 7.11 Å². The lowest BCUT2D eigenvalue weighted by atomic mass is 10.1. The van der Waals surface area contributed by atoms with Gasteiger partial charge in [-0.25, -0.2) is 4.79 Å². The van der Waals surface area contributed by atoms with Gasteiger partial charge in [-0.2, -0.15) is 0 Å². The van der Waals surface area contributed by atoms with Crippen molar-refractivity contribution in [2.45, 2.75) is 52.4 Å². The van der Waals surface area contributed by atoms with Crippen molar-refractivity contribution < 1.29 is 42.9 Å². The zero-order valence-electron chi connectivity index (χ0n) is 16.9. The second kappa shape index (κ2) is 11.0. The SMILES string of the molecule is COC(=O)O[C@@H](C)[C@H](C)OC(=O)[C@@H](N)Cc1ccc(OC(C)=O)c(OC(C)=O)c1. The van der Waals surface area contributed by atoms with Crippen LogP contribution in [0.2, 0.25) is 0 Å². The Balaban J connectivity index is 2.80. The number of nitrogens with two attached hydrogens (primary N) is 1. The summed E-state index contributed by atoms with van der Waals surface area (Å²) >= 11 is 0. The molecule has 1 rings (SSSR count). The number of rotatable bonds is 8. The summed E-state index contributed by atoms with van der Waals surface area (Å²) in [5.74, 6) is -1.80. The summed E-state index contributed by atoms with van der Waals surface area (Å²) in [7, 11) is 1.17. The summed E-state index contributed by atoms with van der Waals surface area (Å²) in [6, 6.07) is 3.42. The second-order valence-electron chi connectivity index (χ2n) is 6.20. The predicted octanol–water partition coefficient (Wildman–Crippen LogP) is 1.51. The highest BCUT2D eigenvalue weighted by molar-refractivity contribution is 5.76. The van der Waals surface area contributed by atoms with Crippen LogP contribution in [0.15, 0.2) is 18.2 Å². The molecule has 0 spiro atoms. The van der Waals surface area contributed by atoms with Crippen LogP contribution in [0.3, 0.4) is 0 Å². The summed E-state index contributed by atoms with van der Waals surface area (Å²) in [6.07, 6.45) is -2.32. The summed E-state index contributed by atoms with van der Waals surface area (Å²) in [5.41, 5.74) is 6.44. The molecule has 10 heteroatoms. The first kappa shape index (κ1) is 23.9. The molecule has 0 aliphatic rings. The number of hydrogen-bond acceptors (Lipinski definition) is 10. The van der Waals surface area contributed by atoms with Crippen LogP contribution >= 0.6 is 0 Å². The summed E-state index contributed by atoms with van der Waals surface area (Å²) in [4.78, 5) is 45.8. The number of benzene rings is 1. The highest BCUT2D eigenvalue weighted by Crippen LogP contribution is 2.29. The summed E-state index contributed by atoms with van der Waals surface area (Å²) in [5, 5.41) is 0. The number of hydrogen-bond donors (Lipinski definition) is 1. The van der Waals surface area contributed by atoms with E-state index < -0.39 is 42.3 Å². The van der Waals surface area contributed by atoms with E-state index in [2.05, 4.69) is 4.74 Å². The largest absolute Gasteiger partial charge is 0.508 e. The molecule has 0 bridgehead atoms. The van der Waals surface area contributed by atoms with Crippen molar-refractivity contribution in [2.75, 3.05) is 7.11 Å². The molecule has 1 aromatic rings. The van der Waals surface area contributed by atoms with E-state index >= 15 is 0 Å². The molecule has 160 valence electrons. The van der Waals surface area contributed by atoms with Crippen LogP contribution < -0.4 is 15.2 Å². The molecule has 0 amide bonds. The molecular formula is C19H25NO9. The minimum atomic E-state index is -1.03. The lowest BCUT2D eigenvalue weighted by Gasteiger charge is -2.22. The number of ether oxygens (including phenoxy) is 5. The van der Waals surface area contributed by atoms with E-state index in [1.54, 1.807) is 19.9 Å². The Morgan fingerprint density at radius 1 is 0.931 bits per heavy atom. The van der Waals surface area contributed by atoms with E-state index in [4.69, 9.17) is 24.7 Å². The van der Waals surface area contributed by atoms with Crippen molar-refractivity contribution in [1.82, 2.24) is 0 Å². The standard InChI is InChI=1S/C19H25NO9/c1-10(11(2)27-19(24)25-5)26-18(23)15(20)8-14-6-7-16(28-12(3)21)17(9-14)29-13(4)22/h6-7,9-11,15H,8,20H2,1-5H3/t10-,11-,15-/m0/s1. The number of esters is 3. The maximum atomic E-state index is 12.2. The van der Waals surface area contributed by atoms with E-state index in [1.807, 2.05) is 0 Å². The van der Waals surface area contributed by atoms with Crippen LogP contribution in [0.4, 0.5) is 4.79 Å². The summed E-state index contributed by atoms with van der Waals surface area (Å²) in [6.45, 7) is 5.50. The van der Waals surface area contributed by atoms with Crippen LogP contribution in [0, 0.1) is 0 Å². The lowest BCUT2D eigenvalue weighted by molar-refractivity contribution is -0.155. The van der Waals surface area contributed by atoms with Crippen LogP contribution in [0.1, 0.15) is 33.3 Å². The molecule has 0 radical (unpaired) electrons. The second-order valence-corrected chi connectivity index (χ2v) is 6.20. The Kier molecular flexibility index (Phi) is 9.07. The highest BCUT2D eigenvalue weighted by atomic mass is 16.7. The van der Waals surface area contributed by atoms with Crippen molar-refractivity contribution in [1.29, 1.82) is 0 Å². The van der Waals surface area contributed by atoms with Crippen molar-refractivity contribution in [2.24, 2.45) is 5.73 Å². The molecule has 3 atom stereocenters. The Morgan fingerprint density at radius 3 is 2.03 bits per heavy atom. The van der Waals surface area contributed by atoms with Gasteiger partial charge in [-0.15, -0.1) is 0 Å². The van der Waals surface area contributed by atoms with Gasteiger partial charge in [-0.1, -0.05) is 6.07 Å². The average Bonchev–Trinajstić information content (AvgIpc) is 2.62. The van der Waals surface area contributed by atoms with E-state index in [1.165, 1.54) is 33.1 Å². The first-order valence-electron chi connectivity index (χ1n) is 8.73. The third-order valence-corrected chi connectivity index (χ3v) is 3.69. The van der Waals surface area contributed by atoms with Crippen molar-refractivity contribution in [3.8, 4) is 11.5 Å². The zero-order chi connectivity index (χ0) is 22.1. The average molecular weight is 411 g/mol. The molecule has 1 aromatic carbocycles. The fourth-order valence-electron chi connectivity index (χ4n) is 2.15. The molecule has 0 saturated heterocycles. The highest BCUT2D eigenvalue weighted by Gasteiger charge is 2.25. The van der Waals surface area contributed by atoms with Gasteiger partial charge >= 0.3 is 24.1 Å². The normalized spacial score (nSPS) is 13.4. The molecular weight excluding hydrogens is 386 g/mol. The van der Waals surface area contributed by atoms with Gasteiger partial charge in [0.25, 0.3) is 0 Å². The predicted molar refractivity (Wildman–Crippen MR) is 99.2 cm³/mol. The topological polar surface area (TPSA) is 140 Å². The Labute approximate surface area is 168 Å². The quantitative estimate of drug-likeness (QED) is 0.494. The third-order valence-electron chi connectivity index (χ3n) is 3.69. The Hall–Kier alpha value is -3.14. The zero-order valence-corrected chi connectivity index (χ0v) is 16.9. The third kappa shape index (κ3) is 8.18. The van der Waals surface area contributed by atoms with E-state index in [0.717, 1.165) is 0 Å². The minimum Gasteiger partial charge on any atom is -0.458 e. The fourth-order valence-corrected chi connectivity index (χ4v) is 2.15. The first-order valence-corrected chi connectivity index (χ1v) is 8.73. The van der Waals surface area contributed by atoms with Gasteiger partial charge < -0.3 is 29.4 Å². The number of methoxy groups -OCH3 is 1. The smallest absolute Gasteiger partial charge is 0.458 e. The monoisotopic (exact) mass is 411 g/mol. The number of carbonyl (C=O) groups excluding carboxylic acids is 4. The lowest BCUT2D eigenvalue weighted by Crippen LogP contribution is -2.39. The van der Waals surface area contributed by atoms with Crippen LogP contribution in [0.25, 0.3) is 0 Å². The van der Waals surface area contributed by atoms with Gasteiger partial charge in [-0.3, -0.25) is 14.4 Å². The van der Waals surface area contributed by atoms with E-state index in [0.29, 0.717) is 5.56 Å².